The summed E-state index contributed by atoms with van der Waals surface area (Å²) in [6.07, 6.45) is 1.77. The monoisotopic (exact) mass is 425 g/mol. The molecule has 0 spiro atoms. The van der Waals surface area contributed by atoms with Crippen molar-refractivity contribution in [2.24, 2.45) is 0 Å². The van der Waals surface area contributed by atoms with E-state index < -0.39 is 0 Å². The van der Waals surface area contributed by atoms with Gasteiger partial charge >= 0.3 is 0 Å². The average molecular weight is 426 g/mol. The molecule has 0 aromatic heterocycles. The van der Waals surface area contributed by atoms with E-state index in [2.05, 4.69) is 115 Å². The van der Waals surface area contributed by atoms with Crippen LogP contribution in [0.4, 0.5) is 5.69 Å². The van der Waals surface area contributed by atoms with Gasteiger partial charge in [0.2, 0.25) is 0 Å². The molecule has 5 aromatic rings. The zero-order chi connectivity index (χ0) is 22.5. The fraction of sp³-hybridized carbons (Fsp3) is 0.0625. The molecule has 33 heavy (non-hydrogen) atoms. The van der Waals surface area contributed by atoms with Crippen molar-refractivity contribution in [1.82, 2.24) is 0 Å². The van der Waals surface area contributed by atoms with Gasteiger partial charge in [-0.1, -0.05) is 121 Å². The highest BCUT2D eigenvalue weighted by molar-refractivity contribution is 5.79. The number of nitrogen functional groups attached to an aromatic ring is 1. The summed E-state index contributed by atoms with van der Waals surface area (Å²) in [5.41, 5.74) is 17.2. The Hall–Kier alpha value is -4.10. The van der Waals surface area contributed by atoms with Crippen molar-refractivity contribution in [3.63, 3.8) is 0 Å². The van der Waals surface area contributed by atoms with E-state index in [-0.39, 0.29) is 0 Å². The Balaban J connectivity index is 1.46. The van der Waals surface area contributed by atoms with Crippen molar-refractivity contribution < 1.29 is 0 Å². The van der Waals surface area contributed by atoms with Crippen LogP contribution in [0.15, 0.2) is 127 Å². The van der Waals surface area contributed by atoms with Gasteiger partial charge in [0.1, 0.15) is 0 Å². The molecule has 5 rings (SSSR count). The van der Waals surface area contributed by atoms with Gasteiger partial charge in [-0.3, -0.25) is 0 Å². The van der Waals surface area contributed by atoms with E-state index in [0.29, 0.717) is 0 Å². The predicted molar refractivity (Wildman–Crippen MR) is 140 cm³/mol. The highest BCUT2D eigenvalue weighted by Crippen LogP contribution is 2.32. The summed E-state index contributed by atoms with van der Waals surface area (Å²) in [6, 6.07) is 45.0. The van der Waals surface area contributed by atoms with Crippen molar-refractivity contribution in [3.05, 3.63) is 150 Å². The minimum atomic E-state index is 0.816. The Kier molecular flexibility index (Phi) is 6.04. The van der Waals surface area contributed by atoms with Gasteiger partial charge in [0.25, 0.3) is 0 Å². The largest absolute Gasteiger partial charge is 0.398 e. The SMILES string of the molecule is Nc1ccccc1-c1cc(Cc2ccc(-c3ccccc3)cc2)ccc1Cc1ccccc1. The molecule has 2 N–H and O–H groups in total. The number of hydrogen-bond donors (Lipinski definition) is 1. The lowest BCUT2D eigenvalue weighted by molar-refractivity contribution is 1.15. The van der Waals surface area contributed by atoms with Crippen LogP contribution in [-0.4, -0.2) is 0 Å². The number of rotatable bonds is 6. The quantitative estimate of drug-likeness (QED) is 0.276. The highest BCUT2D eigenvalue weighted by atomic mass is 14.6. The average Bonchev–Trinajstić information content (AvgIpc) is 2.87. The van der Waals surface area contributed by atoms with E-state index >= 15 is 0 Å². The molecule has 0 radical (unpaired) electrons. The van der Waals surface area contributed by atoms with Crippen molar-refractivity contribution in [2.75, 3.05) is 5.73 Å². The van der Waals surface area contributed by atoms with E-state index in [0.717, 1.165) is 24.1 Å². The summed E-state index contributed by atoms with van der Waals surface area (Å²) in [7, 11) is 0. The van der Waals surface area contributed by atoms with Gasteiger partial charge < -0.3 is 5.73 Å². The Bertz CT molecular complexity index is 1340. The summed E-state index contributed by atoms with van der Waals surface area (Å²) in [4.78, 5) is 0. The molecule has 0 aliphatic rings. The van der Waals surface area contributed by atoms with Gasteiger partial charge in [0.15, 0.2) is 0 Å². The van der Waals surface area contributed by atoms with Crippen LogP contribution in [0.2, 0.25) is 0 Å². The molecule has 0 amide bonds. The molecule has 0 heterocycles. The molecule has 0 aliphatic heterocycles. The van der Waals surface area contributed by atoms with E-state index in [1.807, 2.05) is 12.1 Å². The molecule has 1 heteroatoms. The summed E-state index contributed by atoms with van der Waals surface area (Å²) in [6.45, 7) is 0. The van der Waals surface area contributed by atoms with Gasteiger partial charge in [0.05, 0.1) is 0 Å². The molecule has 0 saturated carbocycles. The lowest BCUT2D eigenvalue weighted by atomic mass is 9.91. The molecule has 0 bridgehead atoms. The minimum Gasteiger partial charge on any atom is -0.398 e. The van der Waals surface area contributed by atoms with E-state index in [1.54, 1.807) is 0 Å². The Labute approximate surface area is 196 Å². The highest BCUT2D eigenvalue weighted by Gasteiger charge is 2.11. The van der Waals surface area contributed by atoms with Crippen molar-refractivity contribution >= 4 is 5.69 Å². The molecule has 0 atom stereocenters. The zero-order valence-electron chi connectivity index (χ0n) is 18.6. The second-order valence-electron chi connectivity index (χ2n) is 8.48. The van der Waals surface area contributed by atoms with Crippen LogP contribution in [0.5, 0.6) is 0 Å². The fourth-order valence-electron chi connectivity index (χ4n) is 4.38. The van der Waals surface area contributed by atoms with E-state index in [9.17, 15) is 0 Å². The number of benzene rings is 5. The molecular formula is C32H27N. The Morgan fingerprint density at radius 1 is 0.424 bits per heavy atom. The molecule has 0 saturated heterocycles. The van der Waals surface area contributed by atoms with Crippen molar-refractivity contribution in [1.29, 1.82) is 0 Å². The van der Waals surface area contributed by atoms with Crippen molar-refractivity contribution in [3.8, 4) is 22.3 Å². The second kappa shape index (κ2) is 9.58. The summed E-state index contributed by atoms with van der Waals surface area (Å²) < 4.78 is 0. The third-order valence-electron chi connectivity index (χ3n) is 6.13. The van der Waals surface area contributed by atoms with Gasteiger partial charge in [0, 0.05) is 11.3 Å². The number of nitrogens with two attached hydrogens (primary N) is 1. The standard InChI is InChI=1S/C32H27N/c33-32-14-8-7-13-30(32)31-23-26(17-20-29(31)22-24-9-3-1-4-10-24)21-25-15-18-28(19-16-25)27-11-5-2-6-12-27/h1-20,23H,21-22,33H2. The van der Waals surface area contributed by atoms with Crippen LogP contribution in [-0.2, 0) is 12.8 Å². The van der Waals surface area contributed by atoms with Gasteiger partial charge in [-0.05, 0) is 57.9 Å². The van der Waals surface area contributed by atoms with Crippen LogP contribution in [0.1, 0.15) is 22.3 Å². The first-order valence-electron chi connectivity index (χ1n) is 11.4. The fourth-order valence-corrected chi connectivity index (χ4v) is 4.38. The van der Waals surface area contributed by atoms with Crippen LogP contribution in [0, 0.1) is 0 Å². The second-order valence-corrected chi connectivity index (χ2v) is 8.48. The first-order chi connectivity index (χ1) is 16.3. The smallest absolute Gasteiger partial charge is 0.0393 e. The maximum Gasteiger partial charge on any atom is 0.0393 e. The Morgan fingerprint density at radius 2 is 1.00 bits per heavy atom. The van der Waals surface area contributed by atoms with Gasteiger partial charge in [-0.25, -0.2) is 0 Å². The molecule has 0 aliphatic carbocycles. The third-order valence-corrected chi connectivity index (χ3v) is 6.13. The predicted octanol–water partition coefficient (Wildman–Crippen LogP) is 7.78. The van der Waals surface area contributed by atoms with Crippen LogP contribution < -0.4 is 5.73 Å². The first kappa shape index (κ1) is 20.8. The number of anilines is 1. The molecule has 1 nitrogen and oxygen atoms in total. The normalized spacial score (nSPS) is 10.8. The lowest BCUT2D eigenvalue weighted by Gasteiger charge is -2.15. The molecule has 160 valence electrons. The maximum absolute atomic E-state index is 6.39. The third kappa shape index (κ3) is 4.88. The molecule has 0 unspecified atom stereocenters. The van der Waals surface area contributed by atoms with Crippen LogP contribution in [0.25, 0.3) is 22.3 Å². The summed E-state index contributed by atoms with van der Waals surface area (Å²) >= 11 is 0. The van der Waals surface area contributed by atoms with E-state index in [4.69, 9.17) is 5.73 Å². The summed E-state index contributed by atoms with van der Waals surface area (Å²) in [5, 5.41) is 0. The zero-order valence-corrected chi connectivity index (χ0v) is 18.6. The Morgan fingerprint density at radius 3 is 1.73 bits per heavy atom. The lowest BCUT2D eigenvalue weighted by Crippen LogP contribution is -1.98. The van der Waals surface area contributed by atoms with Gasteiger partial charge in [-0.2, -0.15) is 0 Å². The topological polar surface area (TPSA) is 26.0 Å². The molecular weight excluding hydrogens is 398 g/mol. The van der Waals surface area contributed by atoms with Gasteiger partial charge in [-0.15, -0.1) is 0 Å². The molecule has 0 fully saturated rings. The first-order valence-corrected chi connectivity index (χ1v) is 11.4. The number of para-hydroxylation sites is 1. The maximum atomic E-state index is 6.39. The van der Waals surface area contributed by atoms with Crippen molar-refractivity contribution in [2.45, 2.75) is 12.8 Å². The summed E-state index contributed by atoms with van der Waals surface area (Å²) in [5.74, 6) is 0. The van der Waals surface area contributed by atoms with Crippen LogP contribution in [0.3, 0.4) is 0 Å². The minimum absolute atomic E-state index is 0.816. The van der Waals surface area contributed by atoms with Crippen LogP contribution >= 0.6 is 0 Å². The molecule has 5 aromatic carbocycles. The van der Waals surface area contributed by atoms with E-state index in [1.165, 1.54) is 38.9 Å². The number of hydrogen-bond acceptors (Lipinski definition) is 1.